The molecule has 1 aliphatic carbocycles. The highest BCUT2D eigenvalue weighted by Gasteiger charge is 2.37. The van der Waals surface area contributed by atoms with Crippen LogP contribution in [0.5, 0.6) is 0 Å². The Morgan fingerprint density at radius 1 is 1.04 bits per heavy atom. The summed E-state index contributed by atoms with van der Waals surface area (Å²) in [6.45, 7) is 7.31. The van der Waals surface area contributed by atoms with Crippen molar-refractivity contribution in [2.45, 2.75) is 52.7 Å². The summed E-state index contributed by atoms with van der Waals surface area (Å²) in [5.41, 5.74) is 1.11. The van der Waals surface area contributed by atoms with E-state index in [1.54, 1.807) is 0 Å². The van der Waals surface area contributed by atoms with Gasteiger partial charge in [-0.2, -0.15) is 0 Å². The zero-order valence-electron chi connectivity index (χ0n) is 16.7. The minimum Gasteiger partial charge on any atom is -0.311 e. The number of rotatable bonds is 7. The van der Waals surface area contributed by atoms with Gasteiger partial charge in [0.1, 0.15) is 0 Å². The Hall–Kier alpha value is -1.41. The van der Waals surface area contributed by atoms with Crippen LogP contribution in [0.1, 0.15) is 45.6 Å². The molecule has 1 N–H and O–H groups in total. The fraction of sp³-hybridized carbons (Fsp3) is 0.478. The van der Waals surface area contributed by atoms with Gasteiger partial charge in [-0.1, -0.05) is 75.7 Å². The minimum absolute atomic E-state index is 0.0306. The predicted molar refractivity (Wildman–Crippen MR) is 113 cm³/mol. The third-order valence-corrected chi connectivity index (χ3v) is 7.80. The Kier molecular flexibility index (Phi) is 6.92. The number of hydrogen-bond donors (Lipinski definition) is 1. The van der Waals surface area contributed by atoms with E-state index < -0.39 is 7.52 Å². The van der Waals surface area contributed by atoms with Gasteiger partial charge in [0.05, 0.1) is 11.4 Å². The Labute approximate surface area is 164 Å². The second-order valence-corrected chi connectivity index (χ2v) is 10.3. The van der Waals surface area contributed by atoms with Gasteiger partial charge in [0.15, 0.2) is 0 Å². The molecule has 4 heteroatoms. The van der Waals surface area contributed by atoms with Gasteiger partial charge in [0.25, 0.3) is 7.52 Å². The molecule has 27 heavy (non-hydrogen) atoms. The maximum absolute atomic E-state index is 14.0. The Morgan fingerprint density at radius 3 is 2.30 bits per heavy atom. The Bertz CT molecular complexity index is 747. The lowest BCUT2D eigenvalue weighted by Crippen LogP contribution is -2.36. The summed E-state index contributed by atoms with van der Waals surface area (Å²) in [5.74, 6) is 1.60. The maximum Gasteiger partial charge on any atom is 0.300 e. The second kappa shape index (κ2) is 9.19. The predicted octanol–water partition coefficient (Wildman–Crippen LogP) is 5.77. The van der Waals surface area contributed by atoms with Crippen LogP contribution in [0.25, 0.3) is 0 Å². The lowest BCUT2D eigenvalue weighted by Gasteiger charge is -2.39. The van der Waals surface area contributed by atoms with Gasteiger partial charge in [-0.3, -0.25) is 4.57 Å². The molecule has 1 saturated carbocycles. The highest BCUT2D eigenvalue weighted by Crippen LogP contribution is 2.48. The van der Waals surface area contributed by atoms with Crippen LogP contribution in [0, 0.1) is 17.8 Å². The normalized spacial score (nSPS) is 25.3. The molecule has 0 aliphatic heterocycles. The topological polar surface area (TPSA) is 38.3 Å². The first-order valence-electron chi connectivity index (χ1n) is 10.1. The van der Waals surface area contributed by atoms with Crippen LogP contribution in [0.2, 0.25) is 0 Å². The number of hydrogen-bond acceptors (Lipinski definition) is 2. The molecule has 146 valence electrons. The minimum atomic E-state index is -3.16. The van der Waals surface area contributed by atoms with E-state index in [4.69, 9.17) is 4.52 Å². The molecule has 3 rings (SSSR count). The van der Waals surface area contributed by atoms with Crippen LogP contribution in [0.3, 0.4) is 0 Å². The van der Waals surface area contributed by atoms with Crippen LogP contribution in [0.4, 0.5) is 0 Å². The summed E-state index contributed by atoms with van der Waals surface area (Å²) in [6, 6.07) is 19.7. The van der Waals surface area contributed by atoms with Crippen molar-refractivity contribution in [3.05, 3.63) is 66.2 Å². The quantitative estimate of drug-likeness (QED) is 0.615. The van der Waals surface area contributed by atoms with Gasteiger partial charge >= 0.3 is 0 Å². The van der Waals surface area contributed by atoms with Crippen molar-refractivity contribution < 1.29 is 9.09 Å². The lowest BCUT2D eigenvalue weighted by molar-refractivity contribution is 0.0483. The van der Waals surface area contributed by atoms with Gasteiger partial charge < -0.3 is 4.52 Å². The lowest BCUT2D eigenvalue weighted by atomic mass is 9.75. The highest BCUT2D eigenvalue weighted by molar-refractivity contribution is 7.65. The standard InChI is InChI=1S/C23H32NO2P/c1-18(2)22-15-14-19(3)16-23(22)26-27(25,21-12-8-5-9-13-21)24-17-20-10-6-4-7-11-20/h4-13,18-19,22-23H,14-17H2,1-3H3,(H,24,25)/t19-,22+,23+,27-/m1/s1. The van der Waals surface area contributed by atoms with E-state index in [1.807, 2.05) is 60.7 Å². The summed E-state index contributed by atoms with van der Waals surface area (Å²) >= 11 is 0. The Balaban J connectivity index is 1.84. The van der Waals surface area contributed by atoms with Crippen molar-refractivity contribution in [1.29, 1.82) is 0 Å². The van der Waals surface area contributed by atoms with E-state index in [0.29, 0.717) is 24.3 Å². The molecule has 0 saturated heterocycles. The monoisotopic (exact) mass is 385 g/mol. The van der Waals surface area contributed by atoms with Crippen molar-refractivity contribution in [2.24, 2.45) is 17.8 Å². The zero-order valence-corrected chi connectivity index (χ0v) is 17.6. The summed E-state index contributed by atoms with van der Waals surface area (Å²) in [7, 11) is -3.16. The Morgan fingerprint density at radius 2 is 1.67 bits per heavy atom. The average molecular weight is 385 g/mol. The first-order chi connectivity index (χ1) is 13.0. The third kappa shape index (κ3) is 5.31. The van der Waals surface area contributed by atoms with E-state index in [-0.39, 0.29) is 6.10 Å². The highest BCUT2D eigenvalue weighted by atomic mass is 31.2. The van der Waals surface area contributed by atoms with E-state index in [2.05, 4.69) is 25.9 Å². The molecule has 0 radical (unpaired) electrons. The van der Waals surface area contributed by atoms with Gasteiger partial charge in [-0.25, -0.2) is 5.09 Å². The molecule has 0 aromatic heterocycles. The fourth-order valence-electron chi connectivity index (χ4n) is 4.03. The number of nitrogens with one attached hydrogen (secondary N) is 1. The van der Waals surface area contributed by atoms with Crippen molar-refractivity contribution >= 4 is 12.8 Å². The van der Waals surface area contributed by atoms with Crippen molar-refractivity contribution in [1.82, 2.24) is 5.09 Å². The van der Waals surface area contributed by atoms with Crippen molar-refractivity contribution in [3.63, 3.8) is 0 Å². The summed E-state index contributed by atoms with van der Waals surface area (Å²) in [6.07, 6.45) is 3.39. The average Bonchev–Trinajstić information content (AvgIpc) is 2.68. The molecule has 1 aliphatic rings. The largest absolute Gasteiger partial charge is 0.311 e. The second-order valence-electron chi connectivity index (χ2n) is 8.18. The molecule has 0 amide bonds. The van der Waals surface area contributed by atoms with Crippen molar-refractivity contribution in [2.75, 3.05) is 0 Å². The van der Waals surface area contributed by atoms with E-state index in [0.717, 1.165) is 23.7 Å². The molecule has 2 aromatic rings. The van der Waals surface area contributed by atoms with Gasteiger partial charge in [0, 0.05) is 6.54 Å². The molecule has 0 unspecified atom stereocenters. The van der Waals surface area contributed by atoms with Gasteiger partial charge in [-0.05, 0) is 48.3 Å². The molecule has 2 aromatic carbocycles. The SMILES string of the molecule is CC(C)[C@@H]1CC[C@@H](C)C[C@@H]1O[P@@](=O)(NCc1ccccc1)c1ccccc1. The van der Waals surface area contributed by atoms with Crippen molar-refractivity contribution in [3.8, 4) is 0 Å². The molecule has 4 atom stereocenters. The molecule has 0 heterocycles. The molecule has 3 nitrogen and oxygen atoms in total. The smallest absolute Gasteiger partial charge is 0.300 e. The summed E-state index contributed by atoms with van der Waals surface area (Å²) in [4.78, 5) is 0. The molecule has 0 bridgehead atoms. The van der Waals surface area contributed by atoms with Gasteiger partial charge in [-0.15, -0.1) is 0 Å². The molecular formula is C23H32NO2P. The van der Waals surface area contributed by atoms with E-state index in [9.17, 15) is 4.57 Å². The fourth-order valence-corrected chi connectivity index (χ4v) is 5.99. The van der Waals surface area contributed by atoms with Gasteiger partial charge in [0.2, 0.25) is 0 Å². The van der Waals surface area contributed by atoms with E-state index >= 15 is 0 Å². The summed E-state index contributed by atoms with van der Waals surface area (Å²) < 4.78 is 20.5. The van der Waals surface area contributed by atoms with Crippen LogP contribution in [-0.2, 0) is 15.6 Å². The van der Waals surface area contributed by atoms with Crippen LogP contribution < -0.4 is 10.4 Å². The maximum atomic E-state index is 14.0. The summed E-state index contributed by atoms with van der Waals surface area (Å²) in [5, 5.41) is 4.04. The molecule has 1 fully saturated rings. The zero-order chi connectivity index (χ0) is 19.3. The van der Waals surface area contributed by atoms with E-state index in [1.165, 1.54) is 6.42 Å². The first-order valence-corrected chi connectivity index (χ1v) is 11.7. The third-order valence-electron chi connectivity index (χ3n) is 5.68. The van der Waals surface area contributed by atoms with Crippen LogP contribution >= 0.6 is 7.52 Å². The molecular weight excluding hydrogens is 353 g/mol. The van der Waals surface area contributed by atoms with Crippen LogP contribution in [0.15, 0.2) is 60.7 Å². The first kappa shape index (κ1) is 20.3. The number of benzene rings is 2. The van der Waals surface area contributed by atoms with Crippen LogP contribution in [-0.4, -0.2) is 6.10 Å². The molecule has 0 spiro atoms.